The monoisotopic (exact) mass is 531 g/mol. The zero-order valence-electron chi connectivity index (χ0n) is 21.2. The van der Waals surface area contributed by atoms with Gasteiger partial charge in [0.2, 0.25) is 0 Å². The van der Waals surface area contributed by atoms with E-state index >= 15 is 0 Å². The number of carbonyl (C=O) groups excluding carboxylic acids is 1. The predicted octanol–water partition coefficient (Wildman–Crippen LogP) is 2.45. The second-order valence-electron chi connectivity index (χ2n) is 10.3. The molecule has 0 radical (unpaired) electrons. The molecule has 0 bridgehead atoms. The summed E-state index contributed by atoms with van der Waals surface area (Å²) in [7, 11) is 0. The van der Waals surface area contributed by atoms with Gasteiger partial charge in [-0.05, 0) is 23.8 Å². The second-order valence-corrected chi connectivity index (χ2v) is 10.3. The molecule has 2 heterocycles. The van der Waals surface area contributed by atoms with Crippen LogP contribution in [0.25, 0.3) is 11.3 Å². The largest absolute Gasteiger partial charge is 0.394 e. The van der Waals surface area contributed by atoms with Crippen LogP contribution in [0.1, 0.15) is 32.4 Å². The van der Waals surface area contributed by atoms with Gasteiger partial charge in [-0.25, -0.2) is 13.5 Å². The predicted molar refractivity (Wildman–Crippen MR) is 132 cm³/mol. The summed E-state index contributed by atoms with van der Waals surface area (Å²) in [6.07, 6.45) is -5.30. The molecule has 1 aliphatic rings. The summed E-state index contributed by atoms with van der Waals surface area (Å²) >= 11 is 0. The number of benzene rings is 2. The fraction of sp³-hybridized carbons (Fsp3) is 0.444. The standard InChI is InChI=1S/C27H31F2N3O6/c1-27(2,3)26(36)25(37-14-15-7-5-4-6-8-15)24-23(35)21(22(34)20(13-33)38-24)32-12-19(30-31-32)16-9-10-17(28)18(29)11-16/h4-12,20-25,33-35H,13-14H2,1-3H3/t20?,21-,22-,23?,24+,25-/m0/s1. The van der Waals surface area contributed by atoms with E-state index in [0.717, 1.165) is 17.7 Å². The van der Waals surface area contributed by atoms with Gasteiger partial charge in [-0.2, -0.15) is 0 Å². The molecule has 1 aliphatic heterocycles. The third kappa shape index (κ3) is 5.82. The Morgan fingerprint density at radius 1 is 1.11 bits per heavy atom. The van der Waals surface area contributed by atoms with E-state index in [2.05, 4.69) is 10.3 Å². The third-order valence-corrected chi connectivity index (χ3v) is 6.53. The molecule has 1 aromatic heterocycles. The van der Waals surface area contributed by atoms with Crippen LogP contribution in [0.5, 0.6) is 0 Å². The van der Waals surface area contributed by atoms with Crippen LogP contribution in [0.15, 0.2) is 54.7 Å². The number of nitrogens with zero attached hydrogens (tertiary/aromatic N) is 3. The summed E-state index contributed by atoms with van der Waals surface area (Å²) in [6.45, 7) is 4.58. The number of rotatable bonds is 8. The number of Topliss-reactive ketones (excluding diaryl/α,β-unsaturated/α-hetero) is 1. The van der Waals surface area contributed by atoms with E-state index in [1.54, 1.807) is 20.8 Å². The van der Waals surface area contributed by atoms with E-state index in [0.29, 0.717) is 0 Å². The number of hydrogen-bond donors (Lipinski definition) is 3. The van der Waals surface area contributed by atoms with Crippen molar-refractivity contribution in [2.75, 3.05) is 6.61 Å². The third-order valence-electron chi connectivity index (χ3n) is 6.53. The summed E-state index contributed by atoms with van der Waals surface area (Å²) in [6, 6.07) is 11.2. The van der Waals surface area contributed by atoms with Crippen molar-refractivity contribution in [2.24, 2.45) is 5.41 Å². The summed E-state index contributed by atoms with van der Waals surface area (Å²) in [5.41, 5.74) is 0.327. The van der Waals surface area contributed by atoms with Crippen LogP contribution in [0.4, 0.5) is 8.78 Å². The van der Waals surface area contributed by atoms with Crippen LogP contribution in [0.2, 0.25) is 0 Å². The van der Waals surface area contributed by atoms with Crippen LogP contribution in [0.3, 0.4) is 0 Å². The lowest BCUT2D eigenvalue weighted by Gasteiger charge is -2.45. The molecule has 0 amide bonds. The molecule has 204 valence electrons. The maximum Gasteiger partial charge on any atom is 0.169 e. The van der Waals surface area contributed by atoms with Crippen LogP contribution < -0.4 is 0 Å². The van der Waals surface area contributed by atoms with Crippen molar-refractivity contribution in [3.8, 4) is 11.3 Å². The Balaban J connectivity index is 1.67. The number of ketones is 1. The van der Waals surface area contributed by atoms with Crippen LogP contribution in [-0.4, -0.2) is 73.2 Å². The van der Waals surface area contributed by atoms with Crippen molar-refractivity contribution in [1.29, 1.82) is 0 Å². The molecule has 4 rings (SSSR count). The van der Waals surface area contributed by atoms with E-state index in [-0.39, 0.29) is 23.6 Å². The molecule has 3 aromatic rings. The lowest BCUT2D eigenvalue weighted by molar-refractivity contribution is -0.236. The molecule has 1 saturated heterocycles. The molecule has 11 heteroatoms. The van der Waals surface area contributed by atoms with E-state index in [1.807, 2.05) is 30.3 Å². The second kappa shape index (κ2) is 11.3. The number of aliphatic hydroxyl groups is 3. The van der Waals surface area contributed by atoms with Gasteiger partial charge in [0.25, 0.3) is 0 Å². The summed E-state index contributed by atoms with van der Waals surface area (Å²) in [5, 5.41) is 40.3. The van der Waals surface area contributed by atoms with E-state index < -0.39 is 60.2 Å². The Labute approximate surface area is 218 Å². The minimum Gasteiger partial charge on any atom is -0.394 e. The Morgan fingerprint density at radius 2 is 1.82 bits per heavy atom. The SMILES string of the molecule is CC(C)(C)C(=O)[C@@H](OCc1ccccc1)[C@@H]1OC(CO)[C@H](O)[C@H](n2cc(-c3ccc(F)c(F)c3)nn2)C1O. The number of carbonyl (C=O) groups is 1. The summed E-state index contributed by atoms with van der Waals surface area (Å²) < 4.78 is 40.2. The van der Waals surface area contributed by atoms with E-state index in [1.165, 1.54) is 16.9 Å². The highest BCUT2D eigenvalue weighted by Gasteiger charge is 2.51. The first-order chi connectivity index (χ1) is 18.0. The average molecular weight is 532 g/mol. The molecular formula is C27H31F2N3O6. The fourth-order valence-electron chi connectivity index (χ4n) is 4.41. The Hall–Kier alpha value is -3.09. The van der Waals surface area contributed by atoms with Gasteiger partial charge >= 0.3 is 0 Å². The molecule has 1 fully saturated rings. The number of halogens is 2. The van der Waals surface area contributed by atoms with Gasteiger partial charge in [0.05, 0.1) is 19.4 Å². The smallest absolute Gasteiger partial charge is 0.169 e. The van der Waals surface area contributed by atoms with Gasteiger partial charge in [0.15, 0.2) is 17.4 Å². The maximum atomic E-state index is 13.8. The highest BCUT2D eigenvalue weighted by molar-refractivity contribution is 5.88. The lowest BCUT2D eigenvalue weighted by Crippen LogP contribution is -2.61. The van der Waals surface area contributed by atoms with Crippen molar-refractivity contribution in [3.63, 3.8) is 0 Å². The number of aromatic nitrogens is 3. The van der Waals surface area contributed by atoms with Crippen LogP contribution >= 0.6 is 0 Å². The molecule has 2 unspecified atom stereocenters. The van der Waals surface area contributed by atoms with Crippen LogP contribution in [0, 0.1) is 17.0 Å². The minimum atomic E-state index is -1.51. The Kier molecular flexibility index (Phi) is 8.34. The van der Waals surface area contributed by atoms with Gasteiger partial charge in [0.1, 0.15) is 42.3 Å². The molecule has 3 N–H and O–H groups in total. The molecule has 38 heavy (non-hydrogen) atoms. The van der Waals surface area contributed by atoms with Gasteiger partial charge < -0.3 is 24.8 Å². The van der Waals surface area contributed by atoms with Crippen molar-refractivity contribution in [1.82, 2.24) is 15.0 Å². The lowest BCUT2D eigenvalue weighted by atomic mass is 9.81. The minimum absolute atomic E-state index is 0.0561. The average Bonchev–Trinajstić information content (AvgIpc) is 3.36. The van der Waals surface area contributed by atoms with Crippen molar-refractivity contribution < 1.29 is 38.4 Å². The van der Waals surface area contributed by atoms with E-state index in [4.69, 9.17) is 9.47 Å². The summed E-state index contributed by atoms with van der Waals surface area (Å²) in [5.74, 6) is -2.43. The molecular weight excluding hydrogens is 500 g/mol. The fourth-order valence-corrected chi connectivity index (χ4v) is 4.41. The number of hydrogen-bond acceptors (Lipinski definition) is 8. The van der Waals surface area contributed by atoms with Gasteiger partial charge in [-0.3, -0.25) is 4.79 Å². The van der Waals surface area contributed by atoms with Gasteiger partial charge in [-0.1, -0.05) is 56.3 Å². The first-order valence-corrected chi connectivity index (χ1v) is 12.2. The number of aliphatic hydroxyl groups excluding tert-OH is 3. The van der Waals surface area contributed by atoms with Crippen molar-refractivity contribution >= 4 is 5.78 Å². The molecule has 0 spiro atoms. The molecule has 0 saturated carbocycles. The first kappa shape index (κ1) is 27.9. The number of ether oxygens (including phenoxy) is 2. The van der Waals surface area contributed by atoms with Crippen LogP contribution in [-0.2, 0) is 20.9 Å². The zero-order chi connectivity index (χ0) is 27.6. The van der Waals surface area contributed by atoms with Gasteiger partial charge in [-0.15, -0.1) is 5.10 Å². The van der Waals surface area contributed by atoms with Crippen molar-refractivity contribution in [3.05, 3.63) is 71.9 Å². The zero-order valence-corrected chi connectivity index (χ0v) is 21.2. The van der Waals surface area contributed by atoms with E-state index in [9.17, 15) is 28.9 Å². The Bertz CT molecular complexity index is 1250. The van der Waals surface area contributed by atoms with Gasteiger partial charge in [0, 0.05) is 11.0 Å². The highest BCUT2D eigenvalue weighted by Crippen LogP contribution is 2.35. The van der Waals surface area contributed by atoms with Crippen molar-refractivity contribution in [2.45, 2.75) is 63.9 Å². The summed E-state index contributed by atoms with van der Waals surface area (Å²) in [4.78, 5) is 13.5. The molecule has 0 aliphatic carbocycles. The molecule has 6 atom stereocenters. The maximum absolute atomic E-state index is 13.8. The quantitative estimate of drug-likeness (QED) is 0.405. The molecule has 9 nitrogen and oxygen atoms in total. The normalized spacial score (nSPS) is 24.8. The first-order valence-electron chi connectivity index (χ1n) is 12.2. The Morgan fingerprint density at radius 3 is 2.45 bits per heavy atom. The highest BCUT2D eigenvalue weighted by atomic mass is 19.2. The topological polar surface area (TPSA) is 127 Å². The molecule has 2 aromatic carbocycles.